The second-order valence-corrected chi connectivity index (χ2v) is 5.43. The van der Waals surface area contributed by atoms with Crippen LogP contribution in [0.2, 0.25) is 0 Å². The fourth-order valence-electron chi connectivity index (χ4n) is 2.34. The van der Waals surface area contributed by atoms with Crippen molar-refractivity contribution in [3.05, 3.63) is 35.6 Å². The zero-order chi connectivity index (χ0) is 13.7. The quantitative estimate of drug-likeness (QED) is 0.669. The summed E-state index contributed by atoms with van der Waals surface area (Å²) < 4.78 is 13.1. The lowest BCUT2D eigenvalue weighted by Crippen LogP contribution is -2.29. The zero-order valence-corrected chi connectivity index (χ0v) is 11.6. The second kappa shape index (κ2) is 6.80. The summed E-state index contributed by atoms with van der Waals surface area (Å²) in [5, 5.41) is 0. The number of nitrogens with zero attached hydrogens (tertiary/aromatic N) is 1. The summed E-state index contributed by atoms with van der Waals surface area (Å²) in [7, 11) is 0. The Balaban J connectivity index is 1.83. The van der Waals surface area contributed by atoms with Gasteiger partial charge >= 0.3 is 0 Å². The summed E-state index contributed by atoms with van der Waals surface area (Å²) in [5.41, 5.74) is 0.489. The van der Waals surface area contributed by atoms with Gasteiger partial charge in [0.05, 0.1) is 0 Å². The highest BCUT2D eigenvalue weighted by atomic mass is 19.1. The van der Waals surface area contributed by atoms with Crippen molar-refractivity contribution in [1.29, 1.82) is 0 Å². The minimum absolute atomic E-state index is 0.0383. The van der Waals surface area contributed by atoms with Gasteiger partial charge in [-0.15, -0.1) is 0 Å². The van der Waals surface area contributed by atoms with E-state index >= 15 is 0 Å². The smallest absolute Gasteiger partial charge is 0.164 e. The fraction of sp³-hybridized carbons (Fsp3) is 0.562. The number of Topliss-reactive ketones (excluding diaryl/α,β-unsaturated/α-hetero) is 1. The first kappa shape index (κ1) is 14.2. The highest BCUT2D eigenvalue weighted by Gasteiger charge is 2.24. The lowest BCUT2D eigenvalue weighted by atomic mass is 10.1. The van der Waals surface area contributed by atoms with Crippen molar-refractivity contribution < 1.29 is 9.18 Å². The predicted molar refractivity (Wildman–Crippen MR) is 74.8 cm³/mol. The molecular formula is C16H22FNO. The Hall–Kier alpha value is -1.22. The van der Waals surface area contributed by atoms with Crippen LogP contribution < -0.4 is 0 Å². The van der Waals surface area contributed by atoms with Crippen LogP contribution in [-0.4, -0.2) is 30.3 Å². The maximum Gasteiger partial charge on any atom is 0.164 e. The van der Waals surface area contributed by atoms with E-state index in [4.69, 9.17) is 0 Å². The van der Waals surface area contributed by atoms with E-state index in [0.717, 1.165) is 32.0 Å². The molecule has 3 heteroatoms. The van der Waals surface area contributed by atoms with Crippen molar-refractivity contribution in [2.45, 2.75) is 32.6 Å². The molecule has 0 unspecified atom stereocenters. The molecular weight excluding hydrogens is 241 g/mol. The lowest BCUT2D eigenvalue weighted by molar-refractivity contribution is 0.0962. The highest BCUT2D eigenvalue weighted by Crippen LogP contribution is 2.29. The van der Waals surface area contributed by atoms with Gasteiger partial charge in [0.1, 0.15) is 5.82 Å². The summed E-state index contributed by atoms with van der Waals surface area (Å²) >= 11 is 0. The number of carbonyl (C=O) groups excluding carboxylic acids is 1. The van der Waals surface area contributed by atoms with Gasteiger partial charge in [-0.2, -0.15) is 0 Å². The Morgan fingerprint density at radius 1 is 1.37 bits per heavy atom. The first-order valence-electron chi connectivity index (χ1n) is 7.20. The standard InChI is InChI=1S/C16H22FNO/c1-2-9-18(12-13-6-7-13)10-8-16(19)14-4-3-5-15(17)11-14/h3-5,11,13H,2,6-10,12H2,1H3. The fourth-order valence-corrected chi connectivity index (χ4v) is 2.34. The van der Waals surface area contributed by atoms with Gasteiger partial charge in [-0.3, -0.25) is 4.79 Å². The largest absolute Gasteiger partial charge is 0.303 e. The normalized spacial score (nSPS) is 14.9. The average Bonchev–Trinajstić information content (AvgIpc) is 3.20. The molecule has 0 saturated heterocycles. The minimum Gasteiger partial charge on any atom is -0.303 e. The number of hydrogen-bond acceptors (Lipinski definition) is 2. The highest BCUT2D eigenvalue weighted by molar-refractivity contribution is 5.96. The van der Waals surface area contributed by atoms with Gasteiger partial charge < -0.3 is 4.90 Å². The summed E-state index contributed by atoms with van der Waals surface area (Å²) in [5.74, 6) is 0.543. The topological polar surface area (TPSA) is 20.3 Å². The molecule has 2 rings (SSSR count). The monoisotopic (exact) mass is 263 g/mol. The van der Waals surface area contributed by atoms with Gasteiger partial charge in [0.2, 0.25) is 0 Å². The molecule has 0 amide bonds. The first-order chi connectivity index (χ1) is 9.19. The van der Waals surface area contributed by atoms with Gasteiger partial charge in [-0.25, -0.2) is 4.39 Å². The van der Waals surface area contributed by atoms with Crippen LogP contribution in [0.1, 0.15) is 43.0 Å². The summed E-state index contributed by atoms with van der Waals surface area (Å²) in [6.45, 7) is 5.12. The van der Waals surface area contributed by atoms with Crippen LogP contribution >= 0.6 is 0 Å². The number of rotatable bonds is 8. The predicted octanol–water partition coefficient (Wildman–Crippen LogP) is 3.52. The van der Waals surface area contributed by atoms with E-state index in [1.807, 2.05) is 0 Å². The van der Waals surface area contributed by atoms with E-state index in [-0.39, 0.29) is 11.6 Å². The maximum atomic E-state index is 13.1. The third-order valence-corrected chi connectivity index (χ3v) is 3.55. The van der Waals surface area contributed by atoms with E-state index in [1.54, 1.807) is 12.1 Å². The molecule has 1 aromatic carbocycles. The third kappa shape index (κ3) is 4.75. The Morgan fingerprint density at radius 3 is 2.79 bits per heavy atom. The van der Waals surface area contributed by atoms with Crippen LogP contribution in [-0.2, 0) is 0 Å². The molecule has 1 aliphatic carbocycles. The molecule has 0 heterocycles. The van der Waals surface area contributed by atoms with Crippen LogP contribution in [0.5, 0.6) is 0 Å². The molecule has 1 fully saturated rings. The Kier molecular flexibility index (Phi) is 5.08. The summed E-state index contributed by atoms with van der Waals surface area (Å²) in [6, 6.07) is 5.98. The van der Waals surface area contributed by atoms with E-state index < -0.39 is 0 Å². The number of benzene rings is 1. The second-order valence-electron chi connectivity index (χ2n) is 5.43. The van der Waals surface area contributed by atoms with Crippen LogP contribution in [0, 0.1) is 11.7 Å². The molecule has 104 valence electrons. The third-order valence-electron chi connectivity index (χ3n) is 3.55. The SMILES string of the molecule is CCCN(CCC(=O)c1cccc(F)c1)CC1CC1. The number of hydrogen-bond donors (Lipinski definition) is 0. The number of ketones is 1. The van der Waals surface area contributed by atoms with Crippen LogP contribution in [0.4, 0.5) is 4.39 Å². The van der Waals surface area contributed by atoms with Crippen molar-refractivity contribution >= 4 is 5.78 Å². The Labute approximate surface area is 114 Å². The van der Waals surface area contributed by atoms with Crippen LogP contribution in [0.15, 0.2) is 24.3 Å². The molecule has 19 heavy (non-hydrogen) atoms. The Morgan fingerprint density at radius 2 is 2.16 bits per heavy atom. The summed E-state index contributed by atoms with van der Waals surface area (Å²) in [4.78, 5) is 14.4. The van der Waals surface area contributed by atoms with E-state index in [0.29, 0.717) is 12.0 Å². The van der Waals surface area contributed by atoms with Crippen LogP contribution in [0.25, 0.3) is 0 Å². The molecule has 0 atom stereocenters. The number of halogens is 1. The maximum absolute atomic E-state index is 13.1. The molecule has 0 radical (unpaired) electrons. The molecule has 0 aromatic heterocycles. The van der Waals surface area contributed by atoms with Gasteiger partial charge in [0, 0.05) is 25.1 Å². The molecule has 1 aliphatic rings. The summed E-state index contributed by atoms with van der Waals surface area (Å²) in [6.07, 6.45) is 4.26. The van der Waals surface area contributed by atoms with Crippen molar-refractivity contribution in [3.63, 3.8) is 0 Å². The van der Waals surface area contributed by atoms with Crippen molar-refractivity contribution in [3.8, 4) is 0 Å². The van der Waals surface area contributed by atoms with Gasteiger partial charge in [0.15, 0.2) is 5.78 Å². The molecule has 0 N–H and O–H groups in total. The average molecular weight is 263 g/mol. The van der Waals surface area contributed by atoms with E-state index in [9.17, 15) is 9.18 Å². The minimum atomic E-state index is -0.339. The zero-order valence-electron chi connectivity index (χ0n) is 11.6. The number of carbonyl (C=O) groups is 1. The molecule has 0 aliphatic heterocycles. The Bertz CT molecular complexity index is 429. The van der Waals surface area contributed by atoms with Gasteiger partial charge in [0.25, 0.3) is 0 Å². The van der Waals surface area contributed by atoms with Gasteiger partial charge in [-0.05, 0) is 43.9 Å². The molecule has 1 saturated carbocycles. The van der Waals surface area contributed by atoms with E-state index in [1.165, 1.54) is 25.0 Å². The van der Waals surface area contributed by atoms with Gasteiger partial charge in [-0.1, -0.05) is 19.1 Å². The molecule has 0 spiro atoms. The van der Waals surface area contributed by atoms with Crippen molar-refractivity contribution in [1.82, 2.24) is 4.90 Å². The van der Waals surface area contributed by atoms with E-state index in [2.05, 4.69) is 11.8 Å². The molecule has 2 nitrogen and oxygen atoms in total. The van der Waals surface area contributed by atoms with Crippen LogP contribution in [0.3, 0.4) is 0 Å². The molecule has 0 bridgehead atoms. The molecule has 1 aromatic rings. The lowest BCUT2D eigenvalue weighted by Gasteiger charge is -2.21. The first-order valence-corrected chi connectivity index (χ1v) is 7.20. The van der Waals surface area contributed by atoms with Crippen molar-refractivity contribution in [2.75, 3.05) is 19.6 Å². The van der Waals surface area contributed by atoms with Crippen molar-refractivity contribution in [2.24, 2.45) is 5.92 Å².